The number of nitrogens with one attached hydrogen (secondary N) is 1. The normalized spacial score (nSPS) is 12.9. The van der Waals surface area contributed by atoms with Crippen molar-refractivity contribution in [3.63, 3.8) is 0 Å². The van der Waals surface area contributed by atoms with Gasteiger partial charge in [0.05, 0.1) is 30.7 Å². The molecular formula is C37H46N4O7S. The minimum atomic E-state index is -4.00. The standard InChI is InChI=1S/C37H46N4O7S/c1-24(2)21-41(49(45,46)32-15-13-31(47-7)14-16-32)23-35(42)33(19-28-11-9-8-10-12-28)39-36(43)29-17-25(3)18-30(20-29)37(44)40(6)22-34-26(4)48-27(5)38-34/h8-18,20,24,33,35,42H,19,21-23H2,1-7H3,(H,39,43)/t33-,35+/m0/s1. The van der Waals surface area contributed by atoms with E-state index in [-0.39, 0.29) is 48.3 Å². The van der Waals surface area contributed by atoms with Crippen molar-refractivity contribution in [1.29, 1.82) is 0 Å². The van der Waals surface area contributed by atoms with Gasteiger partial charge in [0.2, 0.25) is 10.0 Å². The number of amides is 2. The molecule has 2 N–H and O–H groups in total. The Morgan fingerprint density at radius 3 is 2.20 bits per heavy atom. The van der Waals surface area contributed by atoms with Crippen LogP contribution in [0, 0.1) is 26.7 Å². The molecule has 12 heteroatoms. The Hall–Kier alpha value is -4.52. The summed E-state index contributed by atoms with van der Waals surface area (Å²) in [5.41, 5.74) is 2.75. The van der Waals surface area contributed by atoms with E-state index in [0.29, 0.717) is 34.2 Å². The van der Waals surface area contributed by atoms with Gasteiger partial charge >= 0.3 is 0 Å². The van der Waals surface area contributed by atoms with E-state index in [1.165, 1.54) is 34.5 Å². The van der Waals surface area contributed by atoms with E-state index in [9.17, 15) is 23.1 Å². The Labute approximate surface area is 289 Å². The highest BCUT2D eigenvalue weighted by atomic mass is 32.2. The second-order valence-electron chi connectivity index (χ2n) is 12.7. The molecule has 2 amide bonds. The number of rotatable bonds is 15. The minimum Gasteiger partial charge on any atom is -0.497 e. The number of carbonyl (C=O) groups is 2. The Morgan fingerprint density at radius 2 is 1.61 bits per heavy atom. The van der Waals surface area contributed by atoms with Gasteiger partial charge in [0, 0.05) is 38.2 Å². The monoisotopic (exact) mass is 690 g/mol. The van der Waals surface area contributed by atoms with Crippen molar-refractivity contribution >= 4 is 21.8 Å². The Bertz CT molecular complexity index is 1840. The average Bonchev–Trinajstić information content (AvgIpc) is 3.38. The van der Waals surface area contributed by atoms with Gasteiger partial charge in [-0.1, -0.05) is 44.2 Å². The van der Waals surface area contributed by atoms with Gasteiger partial charge in [-0.15, -0.1) is 0 Å². The number of ether oxygens (including phenoxy) is 1. The first-order valence-corrected chi connectivity index (χ1v) is 17.6. The molecule has 2 atom stereocenters. The number of methoxy groups -OCH3 is 1. The van der Waals surface area contributed by atoms with E-state index in [0.717, 1.165) is 5.56 Å². The van der Waals surface area contributed by atoms with Crippen LogP contribution >= 0.6 is 0 Å². The number of carbonyl (C=O) groups excluding carboxylic acids is 2. The van der Waals surface area contributed by atoms with Crippen molar-refractivity contribution in [2.45, 2.75) is 64.6 Å². The fraction of sp³-hybridized carbons (Fsp3) is 0.378. The van der Waals surface area contributed by atoms with E-state index in [4.69, 9.17) is 9.15 Å². The Morgan fingerprint density at radius 1 is 0.959 bits per heavy atom. The van der Waals surface area contributed by atoms with Gasteiger partial charge in [-0.3, -0.25) is 9.59 Å². The molecular weight excluding hydrogens is 644 g/mol. The molecule has 0 radical (unpaired) electrons. The SMILES string of the molecule is COc1ccc(S(=O)(=O)N(CC(C)C)C[C@@H](O)[C@H](Cc2ccccc2)NC(=O)c2cc(C)cc(C(=O)N(C)Cc3nc(C)oc3C)c2)cc1. The number of sulfonamides is 1. The fourth-order valence-corrected chi connectivity index (χ4v) is 7.21. The van der Waals surface area contributed by atoms with Crippen LogP contribution in [0.25, 0.3) is 0 Å². The number of benzene rings is 3. The highest BCUT2D eigenvalue weighted by molar-refractivity contribution is 7.89. The van der Waals surface area contributed by atoms with Gasteiger partial charge in [-0.25, -0.2) is 13.4 Å². The van der Waals surface area contributed by atoms with Crippen LogP contribution < -0.4 is 10.1 Å². The van der Waals surface area contributed by atoms with Crippen molar-refractivity contribution in [3.05, 3.63) is 112 Å². The maximum atomic E-state index is 13.8. The zero-order valence-electron chi connectivity index (χ0n) is 29.1. The smallest absolute Gasteiger partial charge is 0.253 e. The van der Waals surface area contributed by atoms with E-state index in [1.54, 1.807) is 52.1 Å². The zero-order chi connectivity index (χ0) is 35.9. The first kappa shape index (κ1) is 37.3. The van der Waals surface area contributed by atoms with Gasteiger partial charge in [0.15, 0.2) is 5.89 Å². The third kappa shape index (κ3) is 9.78. The minimum absolute atomic E-state index is 0.0407. The first-order valence-electron chi connectivity index (χ1n) is 16.1. The second-order valence-corrected chi connectivity index (χ2v) is 14.7. The van der Waals surface area contributed by atoms with Crippen LogP contribution in [0.3, 0.4) is 0 Å². The number of aromatic nitrogens is 1. The molecule has 49 heavy (non-hydrogen) atoms. The van der Waals surface area contributed by atoms with Crippen LogP contribution in [0.2, 0.25) is 0 Å². The van der Waals surface area contributed by atoms with Crippen LogP contribution in [-0.2, 0) is 23.0 Å². The molecule has 4 rings (SSSR count). The quantitative estimate of drug-likeness (QED) is 0.179. The lowest BCUT2D eigenvalue weighted by molar-refractivity contribution is 0.0775. The summed E-state index contributed by atoms with van der Waals surface area (Å²) < 4.78 is 39.5. The van der Waals surface area contributed by atoms with Crippen molar-refractivity contribution < 1.29 is 32.3 Å². The van der Waals surface area contributed by atoms with E-state index >= 15 is 0 Å². The van der Waals surface area contributed by atoms with E-state index < -0.39 is 28.1 Å². The summed E-state index contributed by atoms with van der Waals surface area (Å²) >= 11 is 0. The van der Waals surface area contributed by atoms with Crippen LogP contribution in [-0.4, -0.2) is 78.9 Å². The van der Waals surface area contributed by atoms with Gasteiger partial charge in [-0.05, 0) is 79.8 Å². The summed E-state index contributed by atoms with van der Waals surface area (Å²) in [6.45, 7) is 9.25. The molecule has 0 saturated carbocycles. The zero-order valence-corrected chi connectivity index (χ0v) is 30.0. The third-order valence-electron chi connectivity index (χ3n) is 8.06. The number of aliphatic hydroxyl groups is 1. The number of nitrogens with zero attached hydrogens (tertiary/aromatic N) is 3. The second kappa shape index (κ2) is 16.3. The Balaban J connectivity index is 1.59. The number of aliphatic hydroxyl groups excluding tert-OH is 1. The lowest BCUT2D eigenvalue weighted by Gasteiger charge is -2.31. The summed E-state index contributed by atoms with van der Waals surface area (Å²) in [5.74, 6) is 0.825. The topological polar surface area (TPSA) is 142 Å². The summed E-state index contributed by atoms with van der Waals surface area (Å²) in [7, 11) is -0.846. The number of hydrogen-bond donors (Lipinski definition) is 2. The average molecular weight is 691 g/mol. The molecule has 4 aromatic rings. The van der Waals surface area contributed by atoms with Gasteiger partial charge in [0.25, 0.3) is 11.8 Å². The molecule has 11 nitrogen and oxygen atoms in total. The van der Waals surface area contributed by atoms with Crippen molar-refractivity contribution in [1.82, 2.24) is 19.5 Å². The number of hydrogen-bond acceptors (Lipinski definition) is 8. The number of oxazole rings is 1. The van der Waals surface area contributed by atoms with Gasteiger partial charge in [-0.2, -0.15) is 4.31 Å². The third-order valence-corrected chi connectivity index (χ3v) is 9.90. The van der Waals surface area contributed by atoms with Crippen LogP contribution in [0.5, 0.6) is 5.75 Å². The highest BCUT2D eigenvalue weighted by Gasteiger charge is 2.32. The molecule has 0 unspecified atom stereocenters. The van der Waals surface area contributed by atoms with E-state index in [2.05, 4.69) is 10.3 Å². The predicted octanol–water partition coefficient (Wildman–Crippen LogP) is 4.93. The van der Waals surface area contributed by atoms with Crippen molar-refractivity contribution in [2.75, 3.05) is 27.2 Å². The summed E-state index contributed by atoms with van der Waals surface area (Å²) in [5, 5.41) is 14.6. The maximum absolute atomic E-state index is 13.8. The molecule has 3 aromatic carbocycles. The maximum Gasteiger partial charge on any atom is 0.253 e. The molecule has 0 bridgehead atoms. The molecule has 262 valence electrons. The summed E-state index contributed by atoms with van der Waals surface area (Å²) in [4.78, 5) is 33.2. The largest absolute Gasteiger partial charge is 0.497 e. The van der Waals surface area contributed by atoms with Crippen LogP contribution in [0.1, 0.15) is 63.0 Å². The molecule has 0 fully saturated rings. The van der Waals surface area contributed by atoms with Crippen molar-refractivity contribution in [3.8, 4) is 5.75 Å². The lowest BCUT2D eigenvalue weighted by atomic mass is 9.99. The van der Waals surface area contributed by atoms with Crippen LogP contribution in [0.15, 0.2) is 82.1 Å². The lowest BCUT2D eigenvalue weighted by Crippen LogP contribution is -2.51. The predicted molar refractivity (Wildman–Crippen MR) is 187 cm³/mol. The molecule has 0 saturated heterocycles. The molecule has 1 aromatic heterocycles. The molecule has 0 spiro atoms. The first-order chi connectivity index (χ1) is 23.2. The molecule has 0 aliphatic heterocycles. The van der Waals surface area contributed by atoms with Gasteiger partial charge < -0.3 is 24.5 Å². The fourth-order valence-electron chi connectivity index (χ4n) is 5.59. The van der Waals surface area contributed by atoms with Crippen molar-refractivity contribution in [2.24, 2.45) is 5.92 Å². The molecule has 0 aliphatic carbocycles. The molecule has 0 aliphatic rings. The van der Waals surface area contributed by atoms with E-state index in [1.807, 2.05) is 44.2 Å². The van der Waals surface area contributed by atoms with Gasteiger partial charge in [0.1, 0.15) is 17.2 Å². The Kier molecular flexibility index (Phi) is 12.4. The number of aryl methyl sites for hydroxylation is 3. The molecule has 1 heterocycles. The van der Waals surface area contributed by atoms with Crippen LogP contribution in [0.4, 0.5) is 0 Å². The summed E-state index contributed by atoms with van der Waals surface area (Å²) in [6.07, 6.45) is -1.04. The summed E-state index contributed by atoms with van der Waals surface area (Å²) in [6, 6.07) is 19.5. The highest BCUT2D eigenvalue weighted by Crippen LogP contribution is 2.22.